The van der Waals surface area contributed by atoms with Crippen molar-refractivity contribution in [2.45, 2.75) is 12.5 Å². The number of ether oxygens (including phenoxy) is 4. The van der Waals surface area contributed by atoms with Crippen LogP contribution in [-0.2, 0) is 11.2 Å². The van der Waals surface area contributed by atoms with E-state index < -0.39 is 0 Å². The van der Waals surface area contributed by atoms with Crippen LogP contribution in [-0.4, -0.2) is 44.8 Å². The van der Waals surface area contributed by atoms with E-state index >= 15 is 0 Å². The monoisotopic (exact) mass is 374 g/mol. The summed E-state index contributed by atoms with van der Waals surface area (Å²) in [5.74, 6) is 1.98. The van der Waals surface area contributed by atoms with Crippen molar-refractivity contribution >= 4 is 0 Å². The van der Waals surface area contributed by atoms with Crippen LogP contribution >= 0.6 is 0 Å². The molecule has 6 heteroatoms. The third kappa shape index (κ3) is 3.96. The molecule has 6 nitrogen and oxygen atoms in total. The normalized spacial score (nSPS) is 21.9. The SMILES string of the molecule is COc1cc(C[C@H]2CO[C@@H](c3ccc(OC)c(OC)c3)[C@@H]2CO)ccc1O. The number of hydrogen-bond acceptors (Lipinski definition) is 6. The van der Waals surface area contributed by atoms with Gasteiger partial charge in [-0.05, 0) is 47.7 Å². The zero-order valence-corrected chi connectivity index (χ0v) is 15.8. The molecule has 0 amide bonds. The summed E-state index contributed by atoms with van der Waals surface area (Å²) in [5, 5.41) is 19.8. The third-order valence-electron chi connectivity index (χ3n) is 5.17. The molecule has 0 aliphatic carbocycles. The third-order valence-corrected chi connectivity index (χ3v) is 5.17. The number of benzene rings is 2. The molecule has 2 aromatic rings. The summed E-state index contributed by atoms with van der Waals surface area (Å²) in [4.78, 5) is 0. The van der Waals surface area contributed by atoms with E-state index in [1.807, 2.05) is 30.3 Å². The number of aromatic hydroxyl groups is 1. The predicted octanol–water partition coefficient (Wildman–Crippen LogP) is 2.96. The van der Waals surface area contributed by atoms with Crippen LogP contribution in [0.4, 0.5) is 0 Å². The second-order valence-electron chi connectivity index (χ2n) is 6.69. The van der Waals surface area contributed by atoms with E-state index in [4.69, 9.17) is 18.9 Å². The van der Waals surface area contributed by atoms with Gasteiger partial charge in [-0.3, -0.25) is 0 Å². The van der Waals surface area contributed by atoms with E-state index in [0.29, 0.717) is 23.9 Å². The summed E-state index contributed by atoms with van der Waals surface area (Å²) in [6.07, 6.45) is 0.518. The van der Waals surface area contributed by atoms with Crippen LogP contribution in [0.25, 0.3) is 0 Å². The van der Waals surface area contributed by atoms with Crippen LogP contribution in [0.5, 0.6) is 23.0 Å². The van der Waals surface area contributed by atoms with Crippen molar-refractivity contribution in [2.75, 3.05) is 34.5 Å². The molecule has 0 aromatic heterocycles. The van der Waals surface area contributed by atoms with Crippen molar-refractivity contribution in [3.63, 3.8) is 0 Å². The summed E-state index contributed by atoms with van der Waals surface area (Å²) >= 11 is 0. The van der Waals surface area contributed by atoms with Crippen molar-refractivity contribution in [2.24, 2.45) is 11.8 Å². The largest absolute Gasteiger partial charge is 0.504 e. The van der Waals surface area contributed by atoms with E-state index in [0.717, 1.165) is 17.5 Å². The lowest BCUT2D eigenvalue weighted by molar-refractivity contribution is 0.0717. The van der Waals surface area contributed by atoms with Gasteiger partial charge in [0.05, 0.1) is 34.0 Å². The maximum Gasteiger partial charge on any atom is 0.161 e. The second-order valence-corrected chi connectivity index (χ2v) is 6.69. The Kier molecular flexibility index (Phi) is 6.08. The van der Waals surface area contributed by atoms with E-state index in [9.17, 15) is 10.2 Å². The van der Waals surface area contributed by atoms with Gasteiger partial charge in [0.25, 0.3) is 0 Å². The second kappa shape index (κ2) is 8.50. The average Bonchev–Trinajstić information content (AvgIpc) is 3.11. The number of hydrogen-bond donors (Lipinski definition) is 2. The first kappa shape index (κ1) is 19.3. The Labute approximate surface area is 159 Å². The van der Waals surface area contributed by atoms with E-state index in [1.54, 1.807) is 20.3 Å². The highest BCUT2D eigenvalue weighted by Crippen LogP contribution is 2.42. The molecule has 3 atom stereocenters. The molecule has 0 spiro atoms. The van der Waals surface area contributed by atoms with Gasteiger partial charge in [-0.15, -0.1) is 0 Å². The smallest absolute Gasteiger partial charge is 0.161 e. The Morgan fingerprint density at radius 2 is 1.70 bits per heavy atom. The van der Waals surface area contributed by atoms with Gasteiger partial charge >= 0.3 is 0 Å². The van der Waals surface area contributed by atoms with Crippen LogP contribution < -0.4 is 14.2 Å². The molecular weight excluding hydrogens is 348 g/mol. The summed E-state index contributed by atoms with van der Waals surface area (Å²) in [6.45, 7) is 0.576. The molecule has 2 aromatic carbocycles. The fraction of sp³-hybridized carbons (Fsp3) is 0.429. The molecule has 0 saturated carbocycles. The molecule has 27 heavy (non-hydrogen) atoms. The molecular formula is C21H26O6. The summed E-state index contributed by atoms with van der Waals surface area (Å²) in [5.41, 5.74) is 1.99. The first-order chi connectivity index (χ1) is 13.1. The molecule has 1 saturated heterocycles. The van der Waals surface area contributed by atoms with Crippen molar-refractivity contribution in [1.82, 2.24) is 0 Å². The van der Waals surface area contributed by atoms with Crippen LogP contribution in [0.1, 0.15) is 17.2 Å². The van der Waals surface area contributed by atoms with Gasteiger partial charge in [-0.2, -0.15) is 0 Å². The Bertz CT molecular complexity index is 775. The van der Waals surface area contributed by atoms with Gasteiger partial charge in [0, 0.05) is 12.5 Å². The number of phenols is 1. The van der Waals surface area contributed by atoms with Crippen LogP contribution in [0.15, 0.2) is 36.4 Å². The first-order valence-corrected chi connectivity index (χ1v) is 8.91. The maximum absolute atomic E-state index is 10.0. The van der Waals surface area contributed by atoms with Gasteiger partial charge in [0.2, 0.25) is 0 Å². The highest BCUT2D eigenvalue weighted by molar-refractivity contribution is 5.44. The molecule has 1 aliphatic rings. The summed E-state index contributed by atoms with van der Waals surface area (Å²) in [6, 6.07) is 11.0. The van der Waals surface area contributed by atoms with Gasteiger partial charge < -0.3 is 29.2 Å². The van der Waals surface area contributed by atoms with E-state index in [1.165, 1.54) is 7.11 Å². The van der Waals surface area contributed by atoms with Crippen LogP contribution in [0.3, 0.4) is 0 Å². The quantitative estimate of drug-likeness (QED) is 0.776. The zero-order chi connectivity index (χ0) is 19.4. The molecule has 1 heterocycles. The number of aliphatic hydroxyl groups is 1. The predicted molar refractivity (Wildman–Crippen MR) is 101 cm³/mol. The summed E-state index contributed by atoms with van der Waals surface area (Å²) < 4.78 is 21.9. The summed E-state index contributed by atoms with van der Waals surface area (Å²) in [7, 11) is 4.73. The van der Waals surface area contributed by atoms with E-state index in [2.05, 4.69) is 0 Å². The van der Waals surface area contributed by atoms with Crippen LogP contribution in [0, 0.1) is 11.8 Å². The van der Waals surface area contributed by atoms with Gasteiger partial charge in [0.1, 0.15) is 0 Å². The van der Waals surface area contributed by atoms with Crippen molar-refractivity contribution in [3.05, 3.63) is 47.5 Å². The molecule has 3 rings (SSSR count). The van der Waals surface area contributed by atoms with E-state index in [-0.39, 0.29) is 30.3 Å². The molecule has 0 radical (unpaired) electrons. The lowest BCUT2D eigenvalue weighted by Crippen LogP contribution is -2.21. The number of rotatable bonds is 7. The number of phenolic OH excluding ortho intramolecular Hbond substituents is 1. The Hall–Kier alpha value is -2.44. The molecule has 146 valence electrons. The molecule has 1 fully saturated rings. The molecule has 0 bridgehead atoms. The van der Waals surface area contributed by atoms with Crippen molar-refractivity contribution in [3.8, 4) is 23.0 Å². The van der Waals surface area contributed by atoms with Crippen LogP contribution in [0.2, 0.25) is 0 Å². The Balaban J connectivity index is 1.79. The highest BCUT2D eigenvalue weighted by Gasteiger charge is 2.38. The molecule has 2 N–H and O–H groups in total. The molecule has 0 unspecified atom stereocenters. The number of methoxy groups -OCH3 is 3. The minimum atomic E-state index is -0.209. The maximum atomic E-state index is 10.0. The zero-order valence-electron chi connectivity index (χ0n) is 15.8. The van der Waals surface area contributed by atoms with Gasteiger partial charge in [-0.25, -0.2) is 0 Å². The Morgan fingerprint density at radius 1 is 0.963 bits per heavy atom. The molecule has 1 aliphatic heterocycles. The lowest BCUT2D eigenvalue weighted by atomic mass is 9.84. The van der Waals surface area contributed by atoms with Crippen molar-refractivity contribution in [1.29, 1.82) is 0 Å². The minimum Gasteiger partial charge on any atom is -0.504 e. The minimum absolute atomic E-state index is 0.0267. The standard InChI is InChI=1S/C21H26O6/c1-24-18-7-5-14(10-20(18)26-3)21-16(11-22)15(12-27-21)8-13-4-6-17(23)19(9-13)25-2/h4-7,9-10,15-16,21-23H,8,11-12H2,1-3H3/t15-,16+,21-/m0/s1. The topological polar surface area (TPSA) is 77.4 Å². The first-order valence-electron chi connectivity index (χ1n) is 8.91. The number of aliphatic hydroxyl groups excluding tert-OH is 1. The fourth-order valence-electron chi connectivity index (χ4n) is 3.70. The van der Waals surface area contributed by atoms with Crippen molar-refractivity contribution < 1.29 is 29.2 Å². The average molecular weight is 374 g/mol. The Morgan fingerprint density at radius 3 is 2.37 bits per heavy atom. The lowest BCUT2D eigenvalue weighted by Gasteiger charge is -2.22. The van der Waals surface area contributed by atoms with Gasteiger partial charge in [-0.1, -0.05) is 12.1 Å². The fourth-order valence-corrected chi connectivity index (χ4v) is 3.70. The highest BCUT2D eigenvalue weighted by atomic mass is 16.5. The van der Waals surface area contributed by atoms with Gasteiger partial charge in [0.15, 0.2) is 23.0 Å².